The van der Waals surface area contributed by atoms with Gasteiger partial charge in [-0.1, -0.05) is 19.1 Å². The Balaban J connectivity index is 2.16. The van der Waals surface area contributed by atoms with Crippen molar-refractivity contribution in [1.82, 2.24) is 4.31 Å². The number of rotatable bonds is 5. The number of hydrogen-bond donors (Lipinski definition) is 1. The molecule has 1 N–H and O–H groups in total. The SMILES string of the molecule is COC(=O)c1cccc(CS(=O)(=O)N2C[C@@H](C)[C@H](C(=O)O)C2)c1. The summed E-state index contributed by atoms with van der Waals surface area (Å²) in [5.41, 5.74) is 0.734. The largest absolute Gasteiger partial charge is 0.481 e. The third-order valence-electron chi connectivity index (χ3n) is 3.99. The average molecular weight is 341 g/mol. The lowest BCUT2D eigenvalue weighted by Crippen LogP contribution is -2.31. The topological polar surface area (TPSA) is 101 Å². The predicted molar refractivity (Wildman–Crippen MR) is 82.3 cm³/mol. The van der Waals surface area contributed by atoms with E-state index in [1.165, 1.54) is 17.5 Å². The Bertz CT molecular complexity index is 714. The molecule has 7 nitrogen and oxygen atoms in total. The van der Waals surface area contributed by atoms with Crippen LogP contribution in [0.5, 0.6) is 0 Å². The highest BCUT2D eigenvalue weighted by atomic mass is 32.2. The van der Waals surface area contributed by atoms with Crippen LogP contribution in [0.3, 0.4) is 0 Å². The van der Waals surface area contributed by atoms with Crippen LogP contribution >= 0.6 is 0 Å². The summed E-state index contributed by atoms with van der Waals surface area (Å²) < 4.78 is 30.8. The molecule has 0 saturated carbocycles. The fraction of sp³-hybridized carbons (Fsp3) is 0.467. The van der Waals surface area contributed by atoms with E-state index < -0.39 is 27.9 Å². The van der Waals surface area contributed by atoms with Crippen LogP contribution in [0.25, 0.3) is 0 Å². The standard InChI is InChI=1S/C15H19NO6S/c1-10-7-16(8-13(10)14(17)18)23(20,21)9-11-4-3-5-12(6-11)15(19)22-2/h3-6,10,13H,7-9H2,1-2H3,(H,17,18)/t10-,13-/m1/s1. The highest BCUT2D eigenvalue weighted by Gasteiger charge is 2.40. The van der Waals surface area contributed by atoms with Crippen molar-refractivity contribution < 1.29 is 27.9 Å². The smallest absolute Gasteiger partial charge is 0.337 e. The molecule has 2 atom stereocenters. The number of nitrogens with zero attached hydrogens (tertiary/aromatic N) is 1. The van der Waals surface area contributed by atoms with Crippen LogP contribution in [0.2, 0.25) is 0 Å². The van der Waals surface area contributed by atoms with Gasteiger partial charge in [0.05, 0.1) is 24.3 Å². The Hall–Kier alpha value is -1.93. The van der Waals surface area contributed by atoms with Gasteiger partial charge in [-0.05, 0) is 23.6 Å². The Morgan fingerprint density at radius 3 is 2.61 bits per heavy atom. The van der Waals surface area contributed by atoms with Crippen molar-refractivity contribution in [2.24, 2.45) is 11.8 Å². The molecule has 0 aliphatic carbocycles. The summed E-state index contributed by atoms with van der Waals surface area (Å²) in [5.74, 6) is -2.72. The van der Waals surface area contributed by atoms with E-state index in [0.29, 0.717) is 5.56 Å². The first-order valence-corrected chi connectivity index (χ1v) is 8.73. The molecule has 8 heteroatoms. The first kappa shape index (κ1) is 17.4. The molecule has 1 saturated heterocycles. The molecule has 2 rings (SSSR count). The van der Waals surface area contributed by atoms with Crippen molar-refractivity contribution >= 4 is 22.0 Å². The maximum absolute atomic E-state index is 12.5. The maximum atomic E-state index is 12.5. The second-order valence-electron chi connectivity index (χ2n) is 5.69. The molecule has 1 aliphatic heterocycles. The van der Waals surface area contributed by atoms with Crippen LogP contribution in [0.15, 0.2) is 24.3 Å². The van der Waals surface area contributed by atoms with Gasteiger partial charge in [-0.15, -0.1) is 0 Å². The normalized spacial score (nSPS) is 22.0. The summed E-state index contributed by atoms with van der Waals surface area (Å²) in [6.45, 7) is 1.90. The lowest BCUT2D eigenvalue weighted by Gasteiger charge is -2.16. The van der Waals surface area contributed by atoms with Gasteiger partial charge >= 0.3 is 11.9 Å². The third-order valence-corrected chi connectivity index (χ3v) is 5.77. The van der Waals surface area contributed by atoms with E-state index in [0.717, 1.165) is 0 Å². The Morgan fingerprint density at radius 1 is 1.35 bits per heavy atom. The number of sulfonamides is 1. The van der Waals surface area contributed by atoms with E-state index in [1.807, 2.05) is 0 Å². The number of hydrogen-bond acceptors (Lipinski definition) is 5. The fourth-order valence-electron chi connectivity index (χ4n) is 2.68. The number of benzene rings is 1. The lowest BCUT2D eigenvalue weighted by atomic mass is 9.99. The Morgan fingerprint density at radius 2 is 2.04 bits per heavy atom. The predicted octanol–water partition coefficient (Wildman–Crippen LogP) is 0.956. The van der Waals surface area contributed by atoms with Gasteiger partial charge in [-0.3, -0.25) is 4.79 Å². The minimum Gasteiger partial charge on any atom is -0.481 e. The molecule has 0 spiro atoms. The molecule has 23 heavy (non-hydrogen) atoms. The van der Waals surface area contributed by atoms with E-state index in [-0.39, 0.29) is 30.3 Å². The van der Waals surface area contributed by atoms with Crippen LogP contribution in [-0.4, -0.2) is 50.0 Å². The number of carboxylic acid groups (broad SMARTS) is 1. The third kappa shape index (κ3) is 3.89. The van der Waals surface area contributed by atoms with E-state index >= 15 is 0 Å². The molecule has 0 unspecified atom stereocenters. The molecular weight excluding hydrogens is 322 g/mol. The van der Waals surface area contributed by atoms with Crippen LogP contribution in [0, 0.1) is 11.8 Å². The van der Waals surface area contributed by atoms with E-state index in [1.54, 1.807) is 25.1 Å². The van der Waals surface area contributed by atoms with Crippen molar-refractivity contribution in [2.45, 2.75) is 12.7 Å². The maximum Gasteiger partial charge on any atom is 0.337 e. The molecular formula is C15H19NO6S. The van der Waals surface area contributed by atoms with Crippen molar-refractivity contribution in [3.05, 3.63) is 35.4 Å². The van der Waals surface area contributed by atoms with Gasteiger partial charge in [-0.25, -0.2) is 17.5 Å². The van der Waals surface area contributed by atoms with Gasteiger partial charge < -0.3 is 9.84 Å². The zero-order valence-electron chi connectivity index (χ0n) is 12.9. The molecule has 1 fully saturated rings. The number of carboxylic acids is 1. The molecule has 1 aromatic rings. The monoisotopic (exact) mass is 341 g/mol. The summed E-state index contributed by atoms with van der Waals surface area (Å²) >= 11 is 0. The molecule has 0 radical (unpaired) electrons. The molecule has 126 valence electrons. The zero-order chi connectivity index (χ0) is 17.2. The number of carbonyl (C=O) groups is 2. The van der Waals surface area contributed by atoms with E-state index in [9.17, 15) is 18.0 Å². The number of esters is 1. The van der Waals surface area contributed by atoms with Crippen LogP contribution < -0.4 is 0 Å². The number of ether oxygens (including phenoxy) is 1. The van der Waals surface area contributed by atoms with Crippen LogP contribution in [0.1, 0.15) is 22.8 Å². The Labute approximate surface area is 134 Å². The molecule has 0 aromatic heterocycles. The number of aliphatic carboxylic acids is 1. The minimum absolute atomic E-state index is 0.0183. The Kier molecular flexibility index (Phi) is 5.06. The highest BCUT2D eigenvalue weighted by molar-refractivity contribution is 7.88. The lowest BCUT2D eigenvalue weighted by molar-refractivity contribution is -0.142. The average Bonchev–Trinajstić information content (AvgIpc) is 2.89. The number of methoxy groups -OCH3 is 1. The second-order valence-corrected chi connectivity index (χ2v) is 7.66. The van der Waals surface area contributed by atoms with Crippen molar-refractivity contribution in [3.8, 4) is 0 Å². The summed E-state index contributed by atoms with van der Waals surface area (Å²) in [4.78, 5) is 22.6. The van der Waals surface area contributed by atoms with Crippen LogP contribution in [-0.2, 0) is 25.3 Å². The molecule has 0 bridgehead atoms. The molecule has 1 aliphatic rings. The zero-order valence-corrected chi connectivity index (χ0v) is 13.7. The minimum atomic E-state index is -3.64. The van der Waals surface area contributed by atoms with Crippen molar-refractivity contribution in [3.63, 3.8) is 0 Å². The van der Waals surface area contributed by atoms with Crippen molar-refractivity contribution in [2.75, 3.05) is 20.2 Å². The quantitative estimate of drug-likeness (QED) is 0.801. The van der Waals surface area contributed by atoms with Gasteiger partial charge in [0.15, 0.2) is 0 Å². The van der Waals surface area contributed by atoms with E-state index in [4.69, 9.17) is 5.11 Å². The fourth-order valence-corrected chi connectivity index (χ4v) is 4.31. The molecule has 1 heterocycles. The van der Waals surface area contributed by atoms with Crippen molar-refractivity contribution in [1.29, 1.82) is 0 Å². The first-order valence-electron chi connectivity index (χ1n) is 7.12. The number of carbonyl (C=O) groups excluding carboxylic acids is 1. The summed E-state index contributed by atoms with van der Waals surface area (Å²) in [6.07, 6.45) is 0. The summed E-state index contributed by atoms with van der Waals surface area (Å²) in [5, 5.41) is 9.11. The summed E-state index contributed by atoms with van der Waals surface area (Å²) in [7, 11) is -2.39. The molecule has 0 amide bonds. The van der Waals surface area contributed by atoms with Gasteiger partial charge in [-0.2, -0.15) is 0 Å². The van der Waals surface area contributed by atoms with E-state index in [2.05, 4.69) is 4.74 Å². The first-order chi connectivity index (χ1) is 10.7. The van der Waals surface area contributed by atoms with Gasteiger partial charge in [0.2, 0.25) is 10.0 Å². The second kappa shape index (κ2) is 6.67. The summed E-state index contributed by atoms with van der Waals surface area (Å²) in [6, 6.07) is 6.21. The molecule has 1 aromatic carbocycles. The van der Waals surface area contributed by atoms with Gasteiger partial charge in [0.25, 0.3) is 0 Å². The van der Waals surface area contributed by atoms with Crippen LogP contribution in [0.4, 0.5) is 0 Å². The van der Waals surface area contributed by atoms with Gasteiger partial charge in [0.1, 0.15) is 0 Å². The highest BCUT2D eigenvalue weighted by Crippen LogP contribution is 2.27. The van der Waals surface area contributed by atoms with Gasteiger partial charge in [0, 0.05) is 13.1 Å².